The fourth-order valence-corrected chi connectivity index (χ4v) is 4.98. The van der Waals surface area contributed by atoms with E-state index in [2.05, 4.69) is 10.6 Å². The maximum atomic E-state index is 13.3. The molecule has 0 aliphatic carbocycles. The molecule has 0 bridgehead atoms. The molecule has 9 nitrogen and oxygen atoms in total. The molecule has 1 spiro atoms. The molecule has 0 unspecified atom stereocenters. The molecule has 3 aliphatic rings. The number of nitrogens with zero attached hydrogens (tertiary/aromatic N) is 1. The summed E-state index contributed by atoms with van der Waals surface area (Å²) in [6, 6.07) is 4.15. The molecule has 0 aromatic heterocycles. The molecule has 2 fully saturated rings. The van der Waals surface area contributed by atoms with Crippen molar-refractivity contribution in [3.8, 4) is 0 Å². The number of fused-ring (bicyclic) bond motifs is 4. The number of amides is 4. The van der Waals surface area contributed by atoms with E-state index in [1.54, 1.807) is 18.2 Å². The van der Waals surface area contributed by atoms with E-state index in [-0.39, 0.29) is 13.0 Å². The smallest absolute Gasteiger partial charge is 0.250 e. The van der Waals surface area contributed by atoms with Crippen LogP contribution in [0, 0.1) is 11.8 Å². The van der Waals surface area contributed by atoms with Crippen LogP contribution < -0.4 is 16.4 Å². The van der Waals surface area contributed by atoms with E-state index in [0.29, 0.717) is 29.3 Å². The molecule has 2 saturated heterocycles. The summed E-state index contributed by atoms with van der Waals surface area (Å²) in [5, 5.41) is 6.28. The molecule has 0 saturated carbocycles. The Labute approximate surface area is 171 Å². The van der Waals surface area contributed by atoms with E-state index in [9.17, 15) is 19.2 Å². The zero-order valence-corrected chi connectivity index (χ0v) is 16.5. The third-order valence-electron chi connectivity index (χ3n) is 5.92. The van der Waals surface area contributed by atoms with Crippen molar-refractivity contribution in [3.63, 3.8) is 0 Å². The van der Waals surface area contributed by atoms with E-state index >= 15 is 0 Å². The van der Waals surface area contributed by atoms with Crippen molar-refractivity contribution in [2.75, 3.05) is 25.6 Å². The van der Waals surface area contributed by atoms with Crippen LogP contribution in [0.5, 0.6) is 0 Å². The van der Waals surface area contributed by atoms with Crippen molar-refractivity contribution in [1.82, 2.24) is 10.2 Å². The van der Waals surface area contributed by atoms with Crippen LogP contribution in [0.2, 0.25) is 5.02 Å². The predicted molar refractivity (Wildman–Crippen MR) is 103 cm³/mol. The van der Waals surface area contributed by atoms with Crippen LogP contribution in [0.4, 0.5) is 5.69 Å². The van der Waals surface area contributed by atoms with Gasteiger partial charge in [-0.25, -0.2) is 0 Å². The van der Waals surface area contributed by atoms with Crippen LogP contribution in [0.1, 0.15) is 18.4 Å². The third-order valence-corrected chi connectivity index (χ3v) is 6.15. The first-order valence-corrected chi connectivity index (χ1v) is 9.70. The standard InChI is InChI=1S/C19H21ClN4O5/c1-29-6-2-5-24-16(26)14-12(8-13(21)25)23-19(15(14)17(24)27)10-7-9(20)3-4-11(10)22-18(19)28/h3-4,7,12,14-15,23H,2,5-6,8H2,1H3,(H2,21,25)(H,22,28)/t12-,14+,15+,19-/m0/s1. The number of hydrogen-bond donors (Lipinski definition) is 3. The molecule has 1 aromatic carbocycles. The van der Waals surface area contributed by atoms with E-state index in [1.165, 1.54) is 12.0 Å². The Morgan fingerprint density at radius 1 is 1.31 bits per heavy atom. The molecule has 4 amide bonds. The highest BCUT2D eigenvalue weighted by Gasteiger charge is 2.70. The molecular weight excluding hydrogens is 400 g/mol. The minimum atomic E-state index is -1.48. The number of benzene rings is 1. The zero-order valence-electron chi connectivity index (χ0n) is 15.7. The number of carbonyl (C=O) groups is 4. The van der Waals surface area contributed by atoms with Gasteiger partial charge >= 0.3 is 0 Å². The van der Waals surface area contributed by atoms with E-state index in [1.807, 2.05) is 0 Å². The maximum absolute atomic E-state index is 13.3. The Hall–Kier alpha value is -2.49. The minimum Gasteiger partial charge on any atom is -0.385 e. The maximum Gasteiger partial charge on any atom is 0.250 e. The first kappa shape index (κ1) is 19.8. The summed E-state index contributed by atoms with van der Waals surface area (Å²) in [4.78, 5) is 52.4. The van der Waals surface area contributed by atoms with Crippen LogP contribution in [-0.4, -0.2) is 54.8 Å². The molecule has 3 aliphatic heterocycles. The molecule has 154 valence electrons. The first-order valence-electron chi connectivity index (χ1n) is 9.33. The Morgan fingerprint density at radius 2 is 2.07 bits per heavy atom. The van der Waals surface area contributed by atoms with Gasteiger partial charge in [0, 0.05) is 49.0 Å². The van der Waals surface area contributed by atoms with Gasteiger partial charge in [0.05, 0.1) is 11.8 Å². The Balaban J connectivity index is 1.80. The average Bonchev–Trinajstić information content (AvgIpc) is 3.22. The van der Waals surface area contributed by atoms with Gasteiger partial charge in [-0.2, -0.15) is 0 Å². The number of nitrogens with one attached hydrogen (secondary N) is 2. The number of anilines is 1. The fourth-order valence-electron chi connectivity index (χ4n) is 4.81. The Kier molecular flexibility index (Phi) is 4.84. The molecule has 29 heavy (non-hydrogen) atoms. The summed E-state index contributed by atoms with van der Waals surface area (Å²) in [6.45, 7) is 0.571. The summed E-state index contributed by atoms with van der Waals surface area (Å²) < 4.78 is 5.01. The molecular formula is C19H21ClN4O5. The van der Waals surface area contributed by atoms with Crippen LogP contribution in [0.15, 0.2) is 18.2 Å². The van der Waals surface area contributed by atoms with Crippen LogP contribution in [0.3, 0.4) is 0 Å². The van der Waals surface area contributed by atoms with Crippen molar-refractivity contribution in [2.24, 2.45) is 17.6 Å². The highest BCUT2D eigenvalue weighted by molar-refractivity contribution is 6.31. The minimum absolute atomic E-state index is 0.170. The summed E-state index contributed by atoms with van der Waals surface area (Å²) in [5.74, 6) is -3.78. The SMILES string of the molecule is COCCCN1C(=O)[C@@H]2[C@H](CC(N)=O)N[C@]3(C(=O)Nc4ccc(Cl)cc43)[C@H]2C1=O. The monoisotopic (exact) mass is 420 g/mol. The van der Waals surface area contributed by atoms with Crippen molar-refractivity contribution in [1.29, 1.82) is 0 Å². The second-order valence-electron chi connectivity index (χ2n) is 7.55. The van der Waals surface area contributed by atoms with Crippen molar-refractivity contribution < 1.29 is 23.9 Å². The fraction of sp³-hybridized carbons (Fsp3) is 0.474. The zero-order chi connectivity index (χ0) is 20.9. The number of nitrogens with two attached hydrogens (primary N) is 1. The summed E-state index contributed by atoms with van der Waals surface area (Å²) in [6.07, 6.45) is 0.306. The van der Waals surface area contributed by atoms with Gasteiger partial charge in [-0.15, -0.1) is 0 Å². The lowest BCUT2D eigenvalue weighted by molar-refractivity contribution is -0.143. The lowest BCUT2D eigenvalue weighted by Gasteiger charge is -2.29. The quantitative estimate of drug-likeness (QED) is 0.437. The molecule has 10 heteroatoms. The molecule has 3 heterocycles. The van der Waals surface area contributed by atoms with Gasteiger partial charge in [-0.3, -0.25) is 29.4 Å². The molecule has 4 rings (SSSR count). The van der Waals surface area contributed by atoms with Gasteiger partial charge in [0.2, 0.25) is 23.6 Å². The van der Waals surface area contributed by atoms with Gasteiger partial charge < -0.3 is 15.8 Å². The van der Waals surface area contributed by atoms with E-state index in [0.717, 1.165) is 0 Å². The lowest BCUT2D eigenvalue weighted by atomic mass is 9.76. The first-order chi connectivity index (χ1) is 13.8. The number of ether oxygens (including phenoxy) is 1. The van der Waals surface area contributed by atoms with Crippen molar-refractivity contribution in [2.45, 2.75) is 24.4 Å². The van der Waals surface area contributed by atoms with Crippen LogP contribution in [-0.2, 0) is 29.5 Å². The number of hydrogen-bond acceptors (Lipinski definition) is 6. The largest absolute Gasteiger partial charge is 0.385 e. The van der Waals surface area contributed by atoms with Gasteiger partial charge in [0.1, 0.15) is 5.54 Å². The Bertz CT molecular complexity index is 922. The van der Waals surface area contributed by atoms with E-state index < -0.39 is 47.0 Å². The Morgan fingerprint density at radius 3 is 2.76 bits per heavy atom. The number of halogens is 1. The number of primary amides is 1. The molecule has 0 radical (unpaired) electrons. The number of carbonyl (C=O) groups excluding carboxylic acids is 4. The normalized spacial score (nSPS) is 30.1. The highest BCUT2D eigenvalue weighted by Crippen LogP contribution is 2.53. The molecule has 1 aromatic rings. The van der Waals surface area contributed by atoms with Crippen molar-refractivity contribution in [3.05, 3.63) is 28.8 Å². The number of methoxy groups -OCH3 is 1. The third kappa shape index (κ3) is 2.84. The van der Waals surface area contributed by atoms with Gasteiger partial charge in [-0.05, 0) is 24.6 Å². The number of likely N-dealkylation sites (tertiary alicyclic amines) is 1. The van der Waals surface area contributed by atoms with Crippen LogP contribution in [0.25, 0.3) is 0 Å². The topological polar surface area (TPSA) is 131 Å². The van der Waals surface area contributed by atoms with Gasteiger partial charge in [-0.1, -0.05) is 11.6 Å². The summed E-state index contributed by atoms with van der Waals surface area (Å²) in [7, 11) is 1.54. The number of rotatable bonds is 6. The highest BCUT2D eigenvalue weighted by atomic mass is 35.5. The van der Waals surface area contributed by atoms with Gasteiger partial charge in [0.15, 0.2) is 0 Å². The number of imide groups is 1. The molecule has 4 N–H and O–H groups in total. The van der Waals surface area contributed by atoms with E-state index in [4.69, 9.17) is 22.1 Å². The second-order valence-corrected chi connectivity index (χ2v) is 7.99. The van der Waals surface area contributed by atoms with Crippen molar-refractivity contribution >= 4 is 40.9 Å². The summed E-state index contributed by atoms with van der Waals surface area (Å²) in [5.41, 5.74) is 4.92. The van der Waals surface area contributed by atoms with Gasteiger partial charge in [0.25, 0.3) is 0 Å². The summed E-state index contributed by atoms with van der Waals surface area (Å²) >= 11 is 6.16. The molecule has 4 atom stereocenters. The average molecular weight is 421 g/mol. The second kappa shape index (κ2) is 7.08. The lowest BCUT2D eigenvalue weighted by Crippen LogP contribution is -2.53. The predicted octanol–water partition coefficient (Wildman–Crippen LogP) is -0.0277. The van der Waals surface area contributed by atoms with Crippen LogP contribution >= 0.6 is 11.6 Å².